The fourth-order valence-electron chi connectivity index (χ4n) is 5.70. The molecule has 0 aromatic carbocycles. The van der Waals surface area contributed by atoms with Gasteiger partial charge in [-0.25, -0.2) is 14.3 Å². The summed E-state index contributed by atoms with van der Waals surface area (Å²) in [4.78, 5) is 21.5. The molecule has 0 N–H and O–H groups in total. The average molecular weight is 480 g/mol. The van der Waals surface area contributed by atoms with Crippen molar-refractivity contribution in [1.29, 1.82) is 0 Å². The summed E-state index contributed by atoms with van der Waals surface area (Å²) in [6, 6.07) is 4.05. The minimum Gasteiger partial charge on any atom is -0.378 e. The van der Waals surface area contributed by atoms with Gasteiger partial charge in [-0.05, 0) is 51.5 Å². The van der Waals surface area contributed by atoms with Crippen molar-refractivity contribution in [1.82, 2.24) is 24.4 Å². The van der Waals surface area contributed by atoms with Crippen LogP contribution in [0.5, 0.6) is 0 Å². The van der Waals surface area contributed by atoms with Crippen LogP contribution in [0.3, 0.4) is 0 Å². The lowest BCUT2D eigenvalue weighted by Crippen LogP contribution is -2.50. The molecule has 2 saturated heterocycles. The quantitative estimate of drug-likeness (QED) is 0.636. The second-order valence-electron chi connectivity index (χ2n) is 9.92. The van der Waals surface area contributed by atoms with Crippen LogP contribution in [-0.4, -0.2) is 76.0 Å². The number of morpholine rings is 1. The number of hydrogen-bond donors (Lipinski definition) is 0. The van der Waals surface area contributed by atoms with Crippen molar-refractivity contribution >= 4 is 11.7 Å². The van der Waals surface area contributed by atoms with E-state index < -0.39 is 12.1 Å². The molecule has 5 rings (SSSR count). The van der Waals surface area contributed by atoms with Crippen LogP contribution in [-0.2, 0) is 4.74 Å². The molecular formula is C24H32F3N5O2. The van der Waals surface area contributed by atoms with E-state index in [2.05, 4.69) is 4.98 Å². The number of carbonyl (C=O) groups is 1. The Hall–Kier alpha value is -2.36. The molecule has 4 heterocycles. The molecule has 1 aliphatic carbocycles. The van der Waals surface area contributed by atoms with Gasteiger partial charge in [-0.2, -0.15) is 18.3 Å². The zero-order valence-electron chi connectivity index (χ0n) is 19.6. The third kappa shape index (κ3) is 4.74. The van der Waals surface area contributed by atoms with Crippen molar-refractivity contribution in [2.75, 3.05) is 39.4 Å². The summed E-state index contributed by atoms with van der Waals surface area (Å²) in [5.41, 5.74) is 3.47. The number of alkyl halides is 3. The molecule has 1 atom stereocenters. The number of fused-ring (bicyclic) bond motifs is 1. The van der Waals surface area contributed by atoms with Gasteiger partial charge in [0.1, 0.15) is 0 Å². The van der Waals surface area contributed by atoms with Crippen LogP contribution >= 0.6 is 0 Å². The maximum Gasteiger partial charge on any atom is 0.391 e. The molecule has 0 bridgehead atoms. The van der Waals surface area contributed by atoms with E-state index in [0.717, 1.165) is 42.1 Å². The standard InChI is InChI=1S/C24H32F3N5O2/c1-16-13-21(18-3-2-8-31(15-18)23(33)30-9-11-34-12-10-30)32-22(28-16)14-20(29-32)17-4-6-19(7-5-17)24(25,26)27/h13-14,17-19H,2-12,15H2,1H3/t17?,18-,19?/m1/s1. The number of piperidine rings is 1. The zero-order valence-corrected chi connectivity index (χ0v) is 19.6. The zero-order chi connectivity index (χ0) is 23.9. The van der Waals surface area contributed by atoms with Gasteiger partial charge in [0, 0.05) is 49.8 Å². The molecule has 186 valence electrons. The van der Waals surface area contributed by atoms with Crippen LogP contribution in [0.4, 0.5) is 18.0 Å². The molecule has 2 aliphatic heterocycles. The molecule has 2 aromatic heterocycles. The minimum absolute atomic E-state index is 0.0270. The van der Waals surface area contributed by atoms with Gasteiger partial charge >= 0.3 is 12.2 Å². The number of likely N-dealkylation sites (tertiary alicyclic amines) is 1. The number of nitrogens with zero attached hydrogens (tertiary/aromatic N) is 5. The highest BCUT2D eigenvalue weighted by Gasteiger charge is 2.42. The van der Waals surface area contributed by atoms with Gasteiger partial charge < -0.3 is 14.5 Å². The van der Waals surface area contributed by atoms with Gasteiger partial charge in [0.15, 0.2) is 5.65 Å². The fourth-order valence-corrected chi connectivity index (χ4v) is 5.70. The smallest absolute Gasteiger partial charge is 0.378 e. The van der Waals surface area contributed by atoms with E-state index in [1.165, 1.54) is 0 Å². The number of aryl methyl sites for hydroxylation is 1. The second kappa shape index (κ2) is 9.36. The number of ether oxygens (including phenoxy) is 1. The lowest BCUT2D eigenvalue weighted by Gasteiger charge is -2.37. The number of hydrogen-bond acceptors (Lipinski definition) is 4. The lowest BCUT2D eigenvalue weighted by atomic mass is 9.80. The monoisotopic (exact) mass is 479 g/mol. The van der Waals surface area contributed by atoms with Crippen molar-refractivity contribution in [3.63, 3.8) is 0 Å². The van der Waals surface area contributed by atoms with Gasteiger partial charge in [-0.15, -0.1) is 0 Å². The largest absolute Gasteiger partial charge is 0.391 e. The van der Waals surface area contributed by atoms with E-state index in [9.17, 15) is 18.0 Å². The summed E-state index contributed by atoms with van der Waals surface area (Å²) in [6.07, 6.45) is -0.940. The van der Waals surface area contributed by atoms with E-state index in [0.29, 0.717) is 45.7 Å². The Balaban J connectivity index is 1.35. The van der Waals surface area contributed by atoms with Crippen LogP contribution in [0.15, 0.2) is 12.1 Å². The van der Waals surface area contributed by atoms with Gasteiger partial charge in [0.2, 0.25) is 0 Å². The topological polar surface area (TPSA) is 63.0 Å². The second-order valence-corrected chi connectivity index (χ2v) is 9.92. The highest BCUT2D eigenvalue weighted by molar-refractivity contribution is 5.74. The Bertz CT molecular complexity index is 1030. The Morgan fingerprint density at radius 1 is 1.00 bits per heavy atom. The Kier molecular flexibility index (Phi) is 6.43. The van der Waals surface area contributed by atoms with Crippen molar-refractivity contribution in [2.24, 2.45) is 5.92 Å². The van der Waals surface area contributed by atoms with Gasteiger partial charge in [0.05, 0.1) is 30.5 Å². The molecule has 3 aliphatic rings. The number of rotatable bonds is 2. The maximum absolute atomic E-state index is 13.1. The van der Waals surface area contributed by atoms with E-state index in [-0.39, 0.29) is 30.7 Å². The van der Waals surface area contributed by atoms with Crippen LogP contribution in [0.25, 0.3) is 5.65 Å². The van der Waals surface area contributed by atoms with Gasteiger partial charge in [-0.3, -0.25) is 0 Å². The van der Waals surface area contributed by atoms with Crippen LogP contribution < -0.4 is 0 Å². The molecule has 2 aromatic rings. The number of amides is 2. The molecule has 7 nitrogen and oxygen atoms in total. The first-order valence-electron chi connectivity index (χ1n) is 12.3. The molecule has 3 fully saturated rings. The first-order chi connectivity index (χ1) is 16.3. The molecule has 2 amide bonds. The van der Waals surface area contributed by atoms with Crippen molar-refractivity contribution in [2.45, 2.75) is 63.5 Å². The van der Waals surface area contributed by atoms with Crippen LogP contribution in [0.2, 0.25) is 0 Å². The Morgan fingerprint density at radius 3 is 2.44 bits per heavy atom. The average Bonchev–Trinajstić information content (AvgIpc) is 3.27. The van der Waals surface area contributed by atoms with Crippen LogP contribution in [0, 0.1) is 12.8 Å². The molecule has 10 heteroatoms. The third-order valence-electron chi connectivity index (χ3n) is 7.60. The molecule has 34 heavy (non-hydrogen) atoms. The van der Waals surface area contributed by atoms with E-state index >= 15 is 0 Å². The molecule has 0 unspecified atom stereocenters. The van der Waals surface area contributed by atoms with E-state index in [1.54, 1.807) is 0 Å². The predicted octanol–water partition coefficient (Wildman–Crippen LogP) is 4.51. The first-order valence-corrected chi connectivity index (χ1v) is 12.3. The third-order valence-corrected chi connectivity index (χ3v) is 7.60. The van der Waals surface area contributed by atoms with E-state index in [4.69, 9.17) is 9.84 Å². The SMILES string of the molecule is Cc1cc([C@@H]2CCCN(C(=O)N3CCOCC3)C2)n2nc(C3CCC(C(F)(F)F)CC3)cc2n1. The number of halogens is 3. The van der Waals surface area contributed by atoms with Crippen LogP contribution in [0.1, 0.15) is 67.4 Å². The molecule has 0 radical (unpaired) electrons. The predicted molar refractivity (Wildman–Crippen MR) is 120 cm³/mol. The summed E-state index contributed by atoms with van der Waals surface area (Å²) >= 11 is 0. The molecule has 1 saturated carbocycles. The summed E-state index contributed by atoms with van der Waals surface area (Å²) in [5.74, 6) is -1.04. The summed E-state index contributed by atoms with van der Waals surface area (Å²) in [5, 5.41) is 4.84. The number of urea groups is 1. The normalized spacial score (nSPS) is 26.8. The van der Waals surface area contributed by atoms with Gasteiger partial charge in [-0.1, -0.05) is 0 Å². The number of aromatic nitrogens is 3. The summed E-state index contributed by atoms with van der Waals surface area (Å²) in [7, 11) is 0. The Labute approximate surface area is 197 Å². The molecule has 0 spiro atoms. The van der Waals surface area contributed by atoms with E-state index in [1.807, 2.05) is 33.4 Å². The Morgan fingerprint density at radius 2 is 1.74 bits per heavy atom. The van der Waals surface area contributed by atoms with Crippen molar-refractivity contribution in [3.05, 3.63) is 29.2 Å². The summed E-state index contributed by atoms with van der Waals surface area (Å²) < 4.78 is 46.5. The fraction of sp³-hybridized carbons (Fsp3) is 0.708. The van der Waals surface area contributed by atoms with Crippen molar-refractivity contribution in [3.8, 4) is 0 Å². The number of carbonyl (C=O) groups excluding carboxylic acids is 1. The molecular weight excluding hydrogens is 447 g/mol. The summed E-state index contributed by atoms with van der Waals surface area (Å²) in [6.45, 7) is 5.72. The van der Waals surface area contributed by atoms with Crippen molar-refractivity contribution < 1.29 is 22.7 Å². The highest BCUT2D eigenvalue weighted by Crippen LogP contribution is 2.43. The minimum atomic E-state index is -4.11. The highest BCUT2D eigenvalue weighted by atomic mass is 19.4. The first kappa shape index (κ1) is 23.4. The maximum atomic E-state index is 13.1. The van der Waals surface area contributed by atoms with Gasteiger partial charge in [0.25, 0.3) is 0 Å². The lowest BCUT2D eigenvalue weighted by molar-refractivity contribution is -0.182.